The highest BCUT2D eigenvalue weighted by atomic mass is 16.2. The number of amides is 2. The lowest BCUT2D eigenvalue weighted by atomic mass is 9.96. The molecule has 3 aromatic rings. The molecule has 1 aliphatic carbocycles. The Labute approximate surface area is 187 Å². The predicted molar refractivity (Wildman–Crippen MR) is 126 cm³/mol. The van der Waals surface area contributed by atoms with E-state index in [0.29, 0.717) is 16.8 Å². The van der Waals surface area contributed by atoms with Crippen LogP contribution in [-0.4, -0.2) is 23.7 Å². The van der Waals surface area contributed by atoms with Crippen LogP contribution in [0.3, 0.4) is 0 Å². The topological polar surface area (TPSA) is 108 Å². The van der Waals surface area contributed by atoms with Crippen LogP contribution >= 0.6 is 0 Å². The van der Waals surface area contributed by atoms with Gasteiger partial charge in [0.1, 0.15) is 11.8 Å². The number of carbonyl (C=O) groups excluding carboxylic acids is 2. The van der Waals surface area contributed by atoms with Crippen molar-refractivity contribution in [2.45, 2.75) is 31.7 Å². The third kappa shape index (κ3) is 4.70. The van der Waals surface area contributed by atoms with E-state index in [4.69, 9.17) is 11.1 Å². The molecular weight excluding hydrogens is 400 g/mol. The maximum Gasteiger partial charge on any atom is 0.241 e. The average Bonchev–Trinajstić information content (AvgIpc) is 3.16. The highest BCUT2D eigenvalue weighted by Crippen LogP contribution is 2.25. The molecule has 2 amide bonds. The first-order valence-electron chi connectivity index (χ1n) is 10.6. The third-order valence-corrected chi connectivity index (χ3v) is 5.76. The van der Waals surface area contributed by atoms with E-state index < -0.39 is 11.8 Å². The van der Waals surface area contributed by atoms with E-state index in [-0.39, 0.29) is 17.8 Å². The van der Waals surface area contributed by atoms with Crippen LogP contribution in [0, 0.1) is 12.3 Å². The lowest BCUT2D eigenvalue weighted by molar-refractivity contribution is -0.129. The Kier molecular flexibility index (Phi) is 6.03. The Morgan fingerprint density at radius 3 is 2.31 bits per heavy atom. The number of fused-ring (bicyclic) bond motifs is 1. The maximum atomic E-state index is 13.3. The first-order valence-corrected chi connectivity index (χ1v) is 10.6. The first kappa shape index (κ1) is 21.3. The van der Waals surface area contributed by atoms with Crippen molar-refractivity contribution < 1.29 is 9.59 Å². The van der Waals surface area contributed by atoms with Gasteiger partial charge in [0.15, 0.2) is 0 Å². The second-order valence-corrected chi connectivity index (χ2v) is 8.21. The summed E-state index contributed by atoms with van der Waals surface area (Å²) >= 11 is 0. The van der Waals surface area contributed by atoms with Crippen LogP contribution in [0.1, 0.15) is 33.7 Å². The second kappa shape index (κ2) is 9.06. The fraction of sp³-hybridized carbons (Fsp3) is 0.192. The molecule has 1 aliphatic rings. The molecule has 0 radical (unpaired) electrons. The minimum absolute atomic E-state index is 0.0341. The summed E-state index contributed by atoms with van der Waals surface area (Å²) in [4.78, 5) is 26.4. The van der Waals surface area contributed by atoms with Gasteiger partial charge in [-0.05, 0) is 60.7 Å². The van der Waals surface area contributed by atoms with Crippen molar-refractivity contribution in [2.75, 3.05) is 5.32 Å². The van der Waals surface area contributed by atoms with Crippen LogP contribution in [-0.2, 0) is 22.4 Å². The molecule has 0 saturated carbocycles. The largest absolute Gasteiger partial charge is 0.384 e. The Morgan fingerprint density at radius 2 is 1.62 bits per heavy atom. The van der Waals surface area contributed by atoms with Gasteiger partial charge in [0.25, 0.3) is 0 Å². The molecule has 2 unspecified atom stereocenters. The number of amidine groups is 1. The molecular formula is C26H26N4O2. The quantitative estimate of drug-likeness (QED) is 0.276. The van der Waals surface area contributed by atoms with Crippen molar-refractivity contribution in [1.29, 1.82) is 5.41 Å². The Morgan fingerprint density at radius 1 is 0.938 bits per heavy atom. The van der Waals surface area contributed by atoms with E-state index in [0.717, 1.165) is 12.8 Å². The van der Waals surface area contributed by atoms with E-state index in [1.165, 1.54) is 16.7 Å². The Balaban J connectivity index is 1.51. The Bertz CT molecular complexity index is 1160. The molecule has 0 aliphatic heterocycles. The van der Waals surface area contributed by atoms with Gasteiger partial charge in [0, 0.05) is 17.3 Å². The number of nitrogens with one attached hydrogen (secondary N) is 3. The van der Waals surface area contributed by atoms with Gasteiger partial charge in [-0.2, -0.15) is 0 Å². The van der Waals surface area contributed by atoms with E-state index in [1.54, 1.807) is 36.4 Å². The predicted octanol–water partition coefficient (Wildman–Crippen LogP) is 3.28. The molecule has 0 saturated heterocycles. The first-order chi connectivity index (χ1) is 15.4. The summed E-state index contributed by atoms with van der Waals surface area (Å²) in [6.07, 6.45) is 1.52. The number of anilines is 1. The summed E-state index contributed by atoms with van der Waals surface area (Å²) in [7, 11) is 0. The minimum atomic E-state index is -0.978. The highest BCUT2D eigenvalue weighted by Gasteiger charge is 2.32. The van der Waals surface area contributed by atoms with Crippen LogP contribution in [0.2, 0.25) is 0 Å². The van der Waals surface area contributed by atoms with Gasteiger partial charge in [-0.1, -0.05) is 54.1 Å². The van der Waals surface area contributed by atoms with Crippen LogP contribution in [0.5, 0.6) is 0 Å². The number of aryl methyl sites for hydroxylation is 1. The number of rotatable bonds is 6. The molecule has 0 heterocycles. The number of benzene rings is 3. The number of hydrogen-bond donors (Lipinski definition) is 4. The molecule has 0 spiro atoms. The molecule has 3 aromatic carbocycles. The standard InChI is InChI=1S/C26H26N4O2/c1-16-7-8-19-14-22(15-20(19)13-16)30-26(32)23(17-5-3-2-4-6-17)25(31)29-21-11-9-18(10-12-21)24(27)28/h2-13,22-23H,14-15H2,1H3,(H3,27,28)(H,29,31)(H,30,32). The molecule has 2 atom stereocenters. The maximum absolute atomic E-state index is 13.3. The average molecular weight is 427 g/mol. The zero-order valence-electron chi connectivity index (χ0n) is 17.9. The monoisotopic (exact) mass is 426 g/mol. The number of nitrogen functional groups attached to an aromatic ring is 1. The summed E-state index contributed by atoms with van der Waals surface area (Å²) in [5.74, 6) is -1.74. The lowest BCUT2D eigenvalue weighted by Crippen LogP contribution is -2.42. The normalized spacial score (nSPS) is 15.5. The van der Waals surface area contributed by atoms with Gasteiger partial charge >= 0.3 is 0 Å². The summed E-state index contributed by atoms with van der Waals surface area (Å²) in [6, 6.07) is 22.1. The summed E-state index contributed by atoms with van der Waals surface area (Å²) in [5, 5.41) is 13.4. The number of nitrogens with two attached hydrogens (primary N) is 1. The van der Waals surface area contributed by atoms with Crippen LogP contribution < -0.4 is 16.4 Å². The molecule has 0 bridgehead atoms. The fourth-order valence-electron chi connectivity index (χ4n) is 4.15. The summed E-state index contributed by atoms with van der Waals surface area (Å²) in [6.45, 7) is 2.06. The van der Waals surface area contributed by atoms with Gasteiger partial charge in [-0.25, -0.2) is 0 Å². The zero-order chi connectivity index (χ0) is 22.7. The van der Waals surface area contributed by atoms with E-state index >= 15 is 0 Å². The van der Waals surface area contributed by atoms with Crippen LogP contribution in [0.4, 0.5) is 5.69 Å². The molecule has 6 nitrogen and oxygen atoms in total. The van der Waals surface area contributed by atoms with E-state index in [1.807, 2.05) is 18.2 Å². The van der Waals surface area contributed by atoms with Crippen molar-refractivity contribution >= 4 is 23.3 Å². The molecule has 4 rings (SSSR count). The number of carbonyl (C=O) groups is 2. The summed E-state index contributed by atoms with van der Waals surface area (Å²) < 4.78 is 0. The van der Waals surface area contributed by atoms with Gasteiger partial charge in [0.05, 0.1) is 0 Å². The number of hydrogen-bond acceptors (Lipinski definition) is 3. The molecule has 0 aromatic heterocycles. The van der Waals surface area contributed by atoms with Crippen LogP contribution in [0.15, 0.2) is 72.8 Å². The fourth-order valence-corrected chi connectivity index (χ4v) is 4.15. The van der Waals surface area contributed by atoms with E-state index in [9.17, 15) is 9.59 Å². The smallest absolute Gasteiger partial charge is 0.241 e. The van der Waals surface area contributed by atoms with Gasteiger partial charge in [0.2, 0.25) is 11.8 Å². The van der Waals surface area contributed by atoms with Crippen molar-refractivity contribution in [1.82, 2.24) is 5.32 Å². The van der Waals surface area contributed by atoms with E-state index in [2.05, 4.69) is 35.8 Å². The lowest BCUT2D eigenvalue weighted by Gasteiger charge is -2.20. The summed E-state index contributed by atoms with van der Waals surface area (Å²) in [5.41, 5.74) is 10.9. The van der Waals surface area contributed by atoms with Crippen molar-refractivity contribution in [3.05, 3.63) is 101 Å². The Hall–Kier alpha value is -3.93. The van der Waals surface area contributed by atoms with Gasteiger partial charge in [-0.3, -0.25) is 15.0 Å². The van der Waals surface area contributed by atoms with Crippen molar-refractivity contribution in [2.24, 2.45) is 5.73 Å². The molecule has 0 fully saturated rings. The van der Waals surface area contributed by atoms with Crippen LogP contribution in [0.25, 0.3) is 0 Å². The molecule has 32 heavy (non-hydrogen) atoms. The zero-order valence-corrected chi connectivity index (χ0v) is 17.9. The molecule has 6 heteroatoms. The SMILES string of the molecule is Cc1ccc2c(c1)CC(NC(=O)C(C(=O)Nc1ccc(C(=N)N)cc1)c1ccccc1)C2. The third-order valence-electron chi connectivity index (χ3n) is 5.76. The van der Waals surface area contributed by atoms with Crippen molar-refractivity contribution in [3.8, 4) is 0 Å². The second-order valence-electron chi connectivity index (χ2n) is 8.21. The molecule has 162 valence electrons. The minimum Gasteiger partial charge on any atom is -0.384 e. The van der Waals surface area contributed by atoms with Gasteiger partial charge in [-0.15, -0.1) is 0 Å². The van der Waals surface area contributed by atoms with Gasteiger partial charge < -0.3 is 16.4 Å². The van der Waals surface area contributed by atoms with Crippen molar-refractivity contribution in [3.63, 3.8) is 0 Å². The molecule has 5 N–H and O–H groups in total. The highest BCUT2D eigenvalue weighted by molar-refractivity contribution is 6.11.